The van der Waals surface area contributed by atoms with Crippen molar-refractivity contribution in [3.8, 4) is 5.75 Å². The highest BCUT2D eigenvalue weighted by Gasteiger charge is 2.13. The molecule has 114 valence electrons. The van der Waals surface area contributed by atoms with E-state index in [2.05, 4.69) is 37.9 Å². The average molecular weight is 304 g/mol. The predicted molar refractivity (Wildman–Crippen MR) is 89.0 cm³/mol. The molecule has 1 heterocycles. The van der Waals surface area contributed by atoms with Crippen LogP contribution in [0.3, 0.4) is 0 Å². The highest BCUT2D eigenvalue weighted by atomic mass is 32.1. The topological polar surface area (TPSA) is 48.1 Å². The fourth-order valence-corrected chi connectivity index (χ4v) is 3.21. The maximum absolute atomic E-state index is 5.99. The summed E-state index contributed by atoms with van der Waals surface area (Å²) >= 11 is 1.66. The first kappa shape index (κ1) is 16.0. The van der Waals surface area contributed by atoms with Crippen LogP contribution in [0.4, 0.5) is 0 Å². The quantitative estimate of drug-likeness (QED) is 0.859. The lowest BCUT2D eigenvalue weighted by atomic mass is 10.0. The summed E-state index contributed by atoms with van der Waals surface area (Å²) in [6.45, 7) is 8.98. The fourth-order valence-electron chi connectivity index (χ4n) is 2.19. The molecule has 0 bridgehead atoms. The first-order chi connectivity index (χ1) is 10.0. The van der Waals surface area contributed by atoms with Crippen LogP contribution in [0, 0.1) is 0 Å². The first-order valence-corrected chi connectivity index (χ1v) is 8.29. The predicted octanol–water partition coefficient (Wildman–Crippen LogP) is 4.43. The molecule has 0 saturated carbocycles. The van der Waals surface area contributed by atoms with E-state index in [9.17, 15) is 0 Å². The first-order valence-electron chi connectivity index (χ1n) is 7.48. The van der Waals surface area contributed by atoms with E-state index in [1.54, 1.807) is 11.3 Å². The Morgan fingerprint density at radius 2 is 2.05 bits per heavy atom. The van der Waals surface area contributed by atoms with Crippen molar-refractivity contribution in [1.82, 2.24) is 4.98 Å². The Balaban J connectivity index is 2.08. The van der Waals surface area contributed by atoms with Gasteiger partial charge in [0.05, 0.1) is 5.69 Å². The second kappa shape index (κ2) is 7.05. The van der Waals surface area contributed by atoms with Crippen LogP contribution in [-0.2, 0) is 13.0 Å². The normalized spacial score (nSPS) is 12.7. The standard InChI is InChI=1S/C17H24N2OS/c1-5-15-17(12(4)18)21-16(19-15)10-20-14-8-6-7-13(9-14)11(2)3/h6-9,11-12H,5,10,18H2,1-4H3. The molecule has 1 unspecified atom stereocenters. The number of hydrogen-bond acceptors (Lipinski definition) is 4. The zero-order chi connectivity index (χ0) is 15.4. The van der Waals surface area contributed by atoms with Crippen molar-refractivity contribution in [3.05, 3.63) is 45.4 Å². The van der Waals surface area contributed by atoms with Crippen molar-refractivity contribution in [3.63, 3.8) is 0 Å². The van der Waals surface area contributed by atoms with Crippen molar-refractivity contribution in [2.24, 2.45) is 5.73 Å². The molecule has 0 aliphatic carbocycles. The zero-order valence-electron chi connectivity index (χ0n) is 13.2. The molecule has 4 heteroatoms. The maximum Gasteiger partial charge on any atom is 0.140 e. The molecular weight excluding hydrogens is 280 g/mol. The number of benzene rings is 1. The van der Waals surface area contributed by atoms with Gasteiger partial charge in [0.15, 0.2) is 0 Å². The van der Waals surface area contributed by atoms with E-state index in [4.69, 9.17) is 10.5 Å². The number of nitrogens with two attached hydrogens (primary N) is 1. The van der Waals surface area contributed by atoms with Gasteiger partial charge >= 0.3 is 0 Å². The van der Waals surface area contributed by atoms with Crippen LogP contribution in [0.15, 0.2) is 24.3 Å². The van der Waals surface area contributed by atoms with Gasteiger partial charge in [0.2, 0.25) is 0 Å². The number of rotatable bonds is 6. The SMILES string of the molecule is CCc1nc(COc2cccc(C(C)C)c2)sc1C(C)N. The molecule has 2 rings (SSSR count). The van der Waals surface area contributed by atoms with E-state index < -0.39 is 0 Å². The van der Waals surface area contributed by atoms with E-state index in [-0.39, 0.29) is 6.04 Å². The lowest BCUT2D eigenvalue weighted by Crippen LogP contribution is -2.05. The molecule has 21 heavy (non-hydrogen) atoms. The van der Waals surface area contributed by atoms with E-state index in [1.807, 2.05) is 19.1 Å². The van der Waals surface area contributed by atoms with Crippen molar-refractivity contribution < 1.29 is 4.74 Å². The summed E-state index contributed by atoms with van der Waals surface area (Å²) in [5.74, 6) is 1.40. The molecule has 3 nitrogen and oxygen atoms in total. The third-order valence-corrected chi connectivity index (χ3v) is 4.68. The third-order valence-electron chi connectivity index (χ3n) is 3.41. The summed E-state index contributed by atoms with van der Waals surface area (Å²) in [5.41, 5.74) is 8.38. The zero-order valence-corrected chi connectivity index (χ0v) is 14.0. The molecule has 0 radical (unpaired) electrons. The van der Waals surface area contributed by atoms with Crippen molar-refractivity contribution in [1.29, 1.82) is 0 Å². The van der Waals surface area contributed by atoms with E-state index in [1.165, 1.54) is 10.4 Å². The number of hydrogen-bond donors (Lipinski definition) is 1. The molecule has 1 aromatic carbocycles. The van der Waals surface area contributed by atoms with Gasteiger partial charge in [0.1, 0.15) is 17.4 Å². The minimum atomic E-state index is 0.0375. The maximum atomic E-state index is 5.99. The Morgan fingerprint density at radius 1 is 1.29 bits per heavy atom. The second-order valence-electron chi connectivity index (χ2n) is 5.58. The number of nitrogens with zero attached hydrogens (tertiary/aromatic N) is 1. The summed E-state index contributed by atoms with van der Waals surface area (Å²) in [7, 11) is 0. The van der Waals surface area contributed by atoms with Gasteiger partial charge in [-0.3, -0.25) is 0 Å². The van der Waals surface area contributed by atoms with E-state index in [0.29, 0.717) is 12.5 Å². The van der Waals surface area contributed by atoms with Gasteiger partial charge in [-0.25, -0.2) is 4.98 Å². The Labute approximate surface area is 131 Å². The molecule has 2 N–H and O–H groups in total. The smallest absolute Gasteiger partial charge is 0.140 e. The minimum absolute atomic E-state index is 0.0375. The highest BCUT2D eigenvalue weighted by molar-refractivity contribution is 7.11. The fraction of sp³-hybridized carbons (Fsp3) is 0.471. The molecule has 1 aromatic heterocycles. The van der Waals surface area contributed by atoms with Crippen molar-refractivity contribution in [2.75, 3.05) is 0 Å². The van der Waals surface area contributed by atoms with Gasteiger partial charge < -0.3 is 10.5 Å². The molecule has 0 spiro atoms. The van der Waals surface area contributed by atoms with Crippen LogP contribution in [0.5, 0.6) is 5.75 Å². The molecule has 1 atom stereocenters. The molecule has 0 aliphatic rings. The second-order valence-corrected chi connectivity index (χ2v) is 6.69. The Morgan fingerprint density at radius 3 is 2.62 bits per heavy atom. The minimum Gasteiger partial charge on any atom is -0.486 e. The number of aryl methyl sites for hydroxylation is 1. The van der Waals surface area contributed by atoms with Gasteiger partial charge in [-0.2, -0.15) is 0 Å². The van der Waals surface area contributed by atoms with Crippen LogP contribution in [0.1, 0.15) is 60.8 Å². The molecule has 0 saturated heterocycles. The van der Waals surface area contributed by atoms with Gasteiger partial charge in [-0.05, 0) is 37.0 Å². The highest BCUT2D eigenvalue weighted by Crippen LogP contribution is 2.26. The lowest BCUT2D eigenvalue weighted by molar-refractivity contribution is 0.305. The monoisotopic (exact) mass is 304 g/mol. The summed E-state index contributed by atoms with van der Waals surface area (Å²) < 4.78 is 5.88. The lowest BCUT2D eigenvalue weighted by Gasteiger charge is -2.08. The molecule has 0 fully saturated rings. The average Bonchev–Trinajstić information content (AvgIpc) is 2.89. The van der Waals surface area contributed by atoms with Gasteiger partial charge in [-0.15, -0.1) is 11.3 Å². The summed E-state index contributed by atoms with van der Waals surface area (Å²) in [5, 5.41) is 0.995. The number of thiazole rings is 1. The Kier molecular flexibility index (Phi) is 5.37. The third kappa shape index (κ3) is 4.05. The molecular formula is C17H24N2OS. The molecule has 0 aliphatic heterocycles. The van der Waals surface area contributed by atoms with Crippen LogP contribution in [-0.4, -0.2) is 4.98 Å². The molecule has 2 aromatic rings. The Bertz CT molecular complexity index is 590. The summed E-state index contributed by atoms with van der Waals surface area (Å²) in [6.07, 6.45) is 0.913. The van der Waals surface area contributed by atoms with Crippen LogP contribution in [0.2, 0.25) is 0 Å². The van der Waals surface area contributed by atoms with Gasteiger partial charge in [0, 0.05) is 10.9 Å². The number of ether oxygens (including phenoxy) is 1. The van der Waals surface area contributed by atoms with Crippen LogP contribution >= 0.6 is 11.3 Å². The summed E-state index contributed by atoms with van der Waals surface area (Å²) in [4.78, 5) is 5.81. The van der Waals surface area contributed by atoms with Crippen molar-refractivity contribution in [2.45, 2.75) is 52.7 Å². The number of aromatic nitrogens is 1. The van der Waals surface area contributed by atoms with Gasteiger partial charge in [-0.1, -0.05) is 32.9 Å². The van der Waals surface area contributed by atoms with Crippen molar-refractivity contribution >= 4 is 11.3 Å². The summed E-state index contributed by atoms with van der Waals surface area (Å²) in [6, 6.07) is 8.30. The largest absolute Gasteiger partial charge is 0.486 e. The molecule has 0 amide bonds. The van der Waals surface area contributed by atoms with E-state index >= 15 is 0 Å². The van der Waals surface area contributed by atoms with E-state index in [0.717, 1.165) is 22.9 Å². The van der Waals surface area contributed by atoms with Crippen LogP contribution in [0.25, 0.3) is 0 Å². The van der Waals surface area contributed by atoms with Crippen LogP contribution < -0.4 is 10.5 Å². The Hall–Kier alpha value is -1.39. The van der Waals surface area contributed by atoms with Gasteiger partial charge in [0.25, 0.3) is 0 Å².